The topological polar surface area (TPSA) is 83.8 Å². The van der Waals surface area contributed by atoms with E-state index in [0.29, 0.717) is 18.2 Å². The zero-order valence-electron chi connectivity index (χ0n) is 12.5. The van der Waals surface area contributed by atoms with E-state index in [1.807, 2.05) is 36.4 Å². The Labute approximate surface area is 124 Å². The van der Waals surface area contributed by atoms with Crippen LogP contribution in [-0.4, -0.2) is 22.1 Å². The molecular formula is C16H22N4O. The number of nitrogens with zero attached hydrogens (tertiary/aromatic N) is 1. The van der Waals surface area contributed by atoms with Crippen molar-refractivity contribution < 1.29 is 4.79 Å². The van der Waals surface area contributed by atoms with E-state index in [-0.39, 0.29) is 5.91 Å². The van der Waals surface area contributed by atoms with Crippen molar-refractivity contribution in [2.45, 2.75) is 38.6 Å². The van der Waals surface area contributed by atoms with Crippen LogP contribution < -0.4 is 11.1 Å². The summed E-state index contributed by atoms with van der Waals surface area (Å²) in [6, 6.07) is 11.3. The largest absolute Gasteiger partial charge is 0.320 e. The van der Waals surface area contributed by atoms with Gasteiger partial charge in [-0.15, -0.1) is 0 Å². The molecule has 5 heteroatoms. The van der Waals surface area contributed by atoms with E-state index in [1.165, 1.54) is 5.56 Å². The van der Waals surface area contributed by atoms with Crippen LogP contribution in [0.5, 0.6) is 0 Å². The number of carbonyl (C=O) groups excluding carboxylic acids is 1. The zero-order chi connectivity index (χ0) is 15.2. The van der Waals surface area contributed by atoms with E-state index in [2.05, 4.69) is 29.4 Å². The predicted octanol–water partition coefficient (Wildman–Crippen LogP) is 2.43. The number of amides is 1. The summed E-state index contributed by atoms with van der Waals surface area (Å²) in [4.78, 5) is 12.0. The molecule has 0 spiro atoms. The van der Waals surface area contributed by atoms with Crippen molar-refractivity contribution in [2.75, 3.05) is 5.32 Å². The van der Waals surface area contributed by atoms with Crippen molar-refractivity contribution in [3.05, 3.63) is 47.7 Å². The molecule has 2 aromatic rings. The summed E-state index contributed by atoms with van der Waals surface area (Å²) in [7, 11) is 0. The lowest BCUT2D eigenvalue weighted by molar-refractivity contribution is -0.117. The van der Waals surface area contributed by atoms with Crippen molar-refractivity contribution in [1.82, 2.24) is 10.2 Å². The molecule has 0 radical (unpaired) electrons. The number of nitrogens with two attached hydrogens (primary N) is 1. The molecule has 4 N–H and O–H groups in total. The molecule has 1 unspecified atom stereocenters. The highest BCUT2D eigenvalue weighted by Crippen LogP contribution is 2.15. The summed E-state index contributed by atoms with van der Waals surface area (Å²) < 4.78 is 0. The third kappa shape index (κ3) is 4.43. The first-order valence-corrected chi connectivity index (χ1v) is 7.22. The van der Waals surface area contributed by atoms with E-state index < -0.39 is 6.04 Å². The Bertz CT molecular complexity index is 577. The SMILES string of the molecule is CC(C)c1cc(NC(=O)C(N)CCc2ccccc2)n[nH]1. The summed E-state index contributed by atoms with van der Waals surface area (Å²) >= 11 is 0. The van der Waals surface area contributed by atoms with Gasteiger partial charge in [-0.1, -0.05) is 44.2 Å². The highest BCUT2D eigenvalue weighted by Gasteiger charge is 2.15. The first kappa shape index (κ1) is 15.3. The summed E-state index contributed by atoms with van der Waals surface area (Å²) in [5.41, 5.74) is 8.10. The van der Waals surface area contributed by atoms with E-state index in [4.69, 9.17) is 5.73 Å². The minimum Gasteiger partial charge on any atom is -0.320 e. The van der Waals surface area contributed by atoms with Crippen LogP contribution in [0.1, 0.15) is 37.4 Å². The molecule has 21 heavy (non-hydrogen) atoms. The fourth-order valence-electron chi connectivity index (χ4n) is 2.01. The second-order valence-corrected chi connectivity index (χ2v) is 5.48. The smallest absolute Gasteiger partial charge is 0.242 e. The molecule has 0 aliphatic rings. The van der Waals surface area contributed by atoms with Gasteiger partial charge in [-0.3, -0.25) is 9.89 Å². The molecule has 0 aliphatic carbocycles. The molecule has 0 aliphatic heterocycles. The number of carbonyl (C=O) groups is 1. The molecule has 0 saturated heterocycles. The quantitative estimate of drug-likeness (QED) is 0.762. The number of aryl methyl sites for hydroxylation is 1. The average Bonchev–Trinajstić information content (AvgIpc) is 2.94. The van der Waals surface area contributed by atoms with Gasteiger partial charge < -0.3 is 11.1 Å². The second-order valence-electron chi connectivity index (χ2n) is 5.48. The number of H-pyrrole nitrogens is 1. The zero-order valence-corrected chi connectivity index (χ0v) is 12.5. The summed E-state index contributed by atoms with van der Waals surface area (Å²) in [5.74, 6) is 0.668. The van der Waals surface area contributed by atoms with Crippen molar-refractivity contribution in [3.63, 3.8) is 0 Å². The van der Waals surface area contributed by atoms with E-state index in [1.54, 1.807) is 0 Å². The average molecular weight is 286 g/mol. The highest BCUT2D eigenvalue weighted by atomic mass is 16.2. The third-order valence-electron chi connectivity index (χ3n) is 3.39. The molecule has 112 valence electrons. The van der Waals surface area contributed by atoms with Gasteiger partial charge in [0.25, 0.3) is 0 Å². The van der Waals surface area contributed by atoms with Gasteiger partial charge in [0.2, 0.25) is 5.91 Å². The van der Waals surface area contributed by atoms with Crippen molar-refractivity contribution >= 4 is 11.7 Å². The van der Waals surface area contributed by atoms with Gasteiger partial charge in [0.1, 0.15) is 0 Å². The number of nitrogens with one attached hydrogen (secondary N) is 2. The molecule has 0 fully saturated rings. The van der Waals surface area contributed by atoms with Gasteiger partial charge >= 0.3 is 0 Å². The van der Waals surface area contributed by atoms with Gasteiger partial charge in [0.05, 0.1) is 6.04 Å². The van der Waals surface area contributed by atoms with E-state index >= 15 is 0 Å². The van der Waals surface area contributed by atoms with Crippen molar-refractivity contribution in [3.8, 4) is 0 Å². The van der Waals surface area contributed by atoms with Crippen LogP contribution in [0.3, 0.4) is 0 Å². The van der Waals surface area contributed by atoms with Gasteiger partial charge in [0, 0.05) is 11.8 Å². The number of rotatable bonds is 6. The Balaban J connectivity index is 1.84. The molecule has 2 rings (SSSR count). The number of benzene rings is 1. The van der Waals surface area contributed by atoms with Gasteiger partial charge in [0.15, 0.2) is 5.82 Å². The summed E-state index contributed by atoms with van der Waals surface area (Å²) in [5, 5.41) is 9.71. The summed E-state index contributed by atoms with van der Waals surface area (Å²) in [6.45, 7) is 4.12. The summed E-state index contributed by atoms with van der Waals surface area (Å²) in [6.07, 6.45) is 1.39. The first-order chi connectivity index (χ1) is 10.1. The molecule has 1 amide bonds. The Kier molecular flexibility index (Phi) is 5.11. The van der Waals surface area contributed by atoms with Crippen LogP contribution in [0.4, 0.5) is 5.82 Å². The van der Waals surface area contributed by atoms with Crippen LogP contribution in [0.25, 0.3) is 0 Å². The van der Waals surface area contributed by atoms with Crippen molar-refractivity contribution in [1.29, 1.82) is 0 Å². The predicted molar refractivity (Wildman–Crippen MR) is 84.0 cm³/mol. The number of hydrogen-bond donors (Lipinski definition) is 3. The van der Waals surface area contributed by atoms with Crippen LogP contribution in [0, 0.1) is 0 Å². The molecule has 0 saturated carbocycles. The molecule has 1 heterocycles. The van der Waals surface area contributed by atoms with Crippen LogP contribution in [0.15, 0.2) is 36.4 Å². The van der Waals surface area contributed by atoms with Gasteiger partial charge in [-0.2, -0.15) is 5.10 Å². The number of hydrogen-bond acceptors (Lipinski definition) is 3. The number of anilines is 1. The fourth-order valence-corrected chi connectivity index (χ4v) is 2.01. The Hall–Kier alpha value is -2.14. The minimum atomic E-state index is -0.538. The van der Waals surface area contributed by atoms with Gasteiger partial charge in [-0.05, 0) is 24.3 Å². The Morgan fingerprint density at radius 1 is 1.33 bits per heavy atom. The minimum absolute atomic E-state index is 0.201. The van der Waals surface area contributed by atoms with Crippen molar-refractivity contribution in [2.24, 2.45) is 5.73 Å². The maximum absolute atomic E-state index is 12.0. The monoisotopic (exact) mass is 286 g/mol. The molecule has 5 nitrogen and oxygen atoms in total. The van der Waals surface area contributed by atoms with Crippen LogP contribution >= 0.6 is 0 Å². The molecule has 1 atom stereocenters. The van der Waals surface area contributed by atoms with Gasteiger partial charge in [-0.25, -0.2) is 0 Å². The maximum atomic E-state index is 12.0. The number of aromatic amines is 1. The molecule has 0 bridgehead atoms. The molecule has 1 aromatic carbocycles. The Morgan fingerprint density at radius 3 is 2.67 bits per heavy atom. The lowest BCUT2D eigenvalue weighted by Gasteiger charge is -2.10. The highest BCUT2D eigenvalue weighted by molar-refractivity contribution is 5.93. The molecular weight excluding hydrogens is 264 g/mol. The first-order valence-electron chi connectivity index (χ1n) is 7.22. The third-order valence-corrected chi connectivity index (χ3v) is 3.39. The maximum Gasteiger partial charge on any atom is 0.242 e. The lowest BCUT2D eigenvalue weighted by Crippen LogP contribution is -2.36. The lowest BCUT2D eigenvalue weighted by atomic mass is 10.1. The van der Waals surface area contributed by atoms with Crippen LogP contribution in [0.2, 0.25) is 0 Å². The normalized spacial score (nSPS) is 12.4. The standard InChI is InChI=1S/C16H22N4O/c1-11(2)14-10-15(20-19-14)18-16(21)13(17)9-8-12-6-4-3-5-7-12/h3-7,10-11,13H,8-9,17H2,1-2H3,(H2,18,19,20,21). The van der Waals surface area contributed by atoms with E-state index in [0.717, 1.165) is 12.1 Å². The van der Waals surface area contributed by atoms with E-state index in [9.17, 15) is 4.79 Å². The number of aromatic nitrogens is 2. The van der Waals surface area contributed by atoms with Crippen LogP contribution in [-0.2, 0) is 11.2 Å². The second kappa shape index (κ2) is 7.04. The fraction of sp³-hybridized carbons (Fsp3) is 0.375. The Morgan fingerprint density at radius 2 is 2.05 bits per heavy atom. The molecule has 1 aromatic heterocycles.